The number of amides is 1. The van der Waals surface area contributed by atoms with Gasteiger partial charge < -0.3 is 11.1 Å². The number of carbonyl (C=O) groups excluding carboxylic acids is 1. The van der Waals surface area contributed by atoms with E-state index in [1.165, 1.54) is 12.1 Å². The standard InChI is InChI=1S/C17H25FN2O/c1-3-8-16(2,19)15(21)20-12-17(9-10-17)11-13-4-6-14(18)7-5-13/h4-7H,3,8-12,19H2,1-2H3,(H,20,21). The Bertz CT molecular complexity index is 492. The van der Waals surface area contributed by atoms with Gasteiger partial charge in [-0.2, -0.15) is 0 Å². The van der Waals surface area contributed by atoms with E-state index in [9.17, 15) is 9.18 Å². The molecule has 1 aromatic carbocycles. The van der Waals surface area contributed by atoms with Crippen LogP contribution in [0.15, 0.2) is 24.3 Å². The zero-order chi connectivity index (χ0) is 15.5. The van der Waals surface area contributed by atoms with Gasteiger partial charge in [0.25, 0.3) is 0 Å². The number of benzene rings is 1. The first-order valence-corrected chi connectivity index (χ1v) is 7.69. The van der Waals surface area contributed by atoms with Crippen molar-refractivity contribution in [1.29, 1.82) is 0 Å². The van der Waals surface area contributed by atoms with Crippen LogP contribution in [-0.4, -0.2) is 18.0 Å². The van der Waals surface area contributed by atoms with E-state index in [4.69, 9.17) is 5.73 Å². The zero-order valence-corrected chi connectivity index (χ0v) is 12.9. The summed E-state index contributed by atoms with van der Waals surface area (Å²) in [4.78, 5) is 12.1. The minimum Gasteiger partial charge on any atom is -0.354 e. The van der Waals surface area contributed by atoms with E-state index < -0.39 is 5.54 Å². The zero-order valence-electron chi connectivity index (χ0n) is 12.9. The second kappa shape index (κ2) is 6.14. The molecule has 116 valence electrons. The third-order valence-electron chi connectivity index (χ3n) is 4.36. The summed E-state index contributed by atoms with van der Waals surface area (Å²) >= 11 is 0. The van der Waals surface area contributed by atoms with Crippen LogP contribution in [0, 0.1) is 11.2 Å². The maximum atomic E-state index is 12.9. The molecule has 21 heavy (non-hydrogen) atoms. The molecule has 2 rings (SSSR count). The molecule has 1 aromatic rings. The van der Waals surface area contributed by atoms with Gasteiger partial charge in [0.2, 0.25) is 5.91 Å². The first kappa shape index (κ1) is 16.0. The molecule has 0 bridgehead atoms. The Hall–Kier alpha value is -1.42. The molecular weight excluding hydrogens is 267 g/mol. The molecule has 1 atom stereocenters. The van der Waals surface area contributed by atoms with Gasteiger partial charge >= 0.3 is 0 Å². The number of hydrogen-bond donors (Lipinski definition) is 2. The summed E-state index contributed by atoms with van der Waals surface area (Å²) in [6.45, 7) is 4.46. The molecule has 4 heteroatoms. The lowest BCUT2D eigenvalue weighted by Crippen LogP contribution is -2.52. The lowest BCUT2D eigenvalue weighted by molar-refractivity contribution is -0.126. The average molecular weight is 292 g/mol. The number of rotatable bonds is 7. The van der Waals surface area contributed by atoms with E-state index in [2.05, 4.69) is 5.32 Å². The van der Waals surface area contributed by atoms with E-state index in [0.29, 0.717) is 13.0 Å². The molecule has 1 saturated carbocycles. The largest absolute Gasteiger partial charge is 0.354 e. The van der Waals surface area contributed by atoms with Gasteiger partial charge in [-0.05, 0) is 55.7 Å². The Morgan fingerprint density at radius 2 is 2.00 bits per heavy atom. The highest BCUT2D eigenvalue weighted by Crippen LogP contribution is 2.47. The molecule has 0 aliphatic heterocycles. The molecular formula is C17H25FN2O. The molecule has 0 saturated heterocycles. The highest BCUT2D eigenvalue weighted by Gasteiger charge is 2.43. The van der Waals surface area contributed by atoms with E-state index in [-0.39, 0.29) is 17.1 Å². The van der Waals surface area contributed by atoms with Crippen LogP contribution < -0.4 is 11.1 Å². The quantitative estimate of drug-likeness (QED) is 0.812. The summed E-state index contributed by atoms with van der Waals surface area (Å²) in [7, 11) is 0. The van der Waals surface area contributed by atoms with Crippen molar-refractivity contribution >= 4 is 5.91 Å². The second-order valence-electron chi connectivity index (χ2n) is 6.65. The third kappa shape index (κ3) is 4.27. The fourth-order valence-corrected chi connectivity index (χ4v) is 2.73. The monoisotopic (exact) mass is 292 g/mol. The minimum atomic E-state index is -0.791. The van der Waals surface area contributed by atoms with Gasteiger partial charge in [0, 0.05) is 6.54 Å². The van der Waals surface area contributed by atoms with Crippen molar-refractivity contribution < 1.29 is 9.18 Å². The van der Waals surface area contributed by atoms with Crippen molar-refractivity contribution in [1.82, 2.24) is 5.32 Å². The smallest absolute Gasteiger partial charge is 0.239 e. The summed E-state index contributed by atoms with van der Waals surface area (Å²) in [6, 6.07) is 6.62. The Balaban J connectivity index is 1.88. The molecule has 1 fully saturated rings. The summed E-state index contributed by atoms with van der Waals surface area (Å²) in [5, 5.41) is 3.00. The second-order valence-corrected chi connectivity index (χ2v) is 6.65. The Labute approximate surface area is 126 Å². The highest BCUT2D eigenvalue weighted by molar-refractivity contribution is 5.85. The summed E-state index contributed by atoms with van der Waals surface area (Å²) in [5.41, 5.74) is 6.50. The van der Waals surface area contributed by atoms with Crippen LogP contribution in [0.3, 0.4) is 0 Å². The van der Waals surface area contributed by atoms with Crippen LogP contribution in [0.5, 0.6) is 0 Å². The van der Waals surface area contributed by atoms with Gasteiger partial charge in [-0.1, -0.05) is 25.5 Å². The lowest BCUT2D eigenvalue weighted by atomic mass is 9.94. The van der Waals surface area contributed by atoms with Gasteiger partial charge in [-0.25, -0.2) is 4.39 Å². The van der Waals surface area contributed by atoms with Crippen molar-refractivity contribution in [3.05, 3.63) is 35.6 Å². The summed E-state index contributed by atoms with van der Waals surface area (Å²) in [5.74, 6) is -0.287. The van der Waals surface area contributed by atoms with Gasteiger partial charge in [-0.15, -0.1) is 0 Å². The van der Waals surface area contributed by atoms with Crippen LogP contribution in [0.4, 0.5) is 4.39 Å². The molecule has 1 aliphatic rings. The predicted molar refractivity (Wildman–Crippen MR) is 82.3 cm³/mol. The summed E-state index contributed by atoms with van der Waals surface area (Å²) < 4.78 is 12.9. The van der Waals surface area contributed by atoms with Crippen molar-refractivity contribution in [2.45, 2.75) is 51.5 Å². The first-order chi connectivity index (χ1) is 9.87. The predicted octanol–water partition coefficient (Wildman–Crippen LogP) is 2.78. The SMILES string of the molecule is CCCC(C)(N)C(=O)NCC1(Cc2ccc(F)cc2)CC1. The molecule has 3 nitrogen and oxygen atoms in total. The van der Waals surface area contributed by atoms with Gasteiger partial charge in [0.05, 0.1) is 5.54 Å². The van der Waals surface area contributed by atoms with E-state index in [1.54, 1.807) is 6.92 Å². The van der Waals surface area contributed by atoms with Crippen molar-refractivity contribution in [2.75, 3.05) is 6.54 Å². The molecule has 3 N–H and O–H groups in total. The Kier molecular flexibility index (Phi) is 4.67. The number of nitrogens with one attached hydrogen (secondary N) is 1. The Morgan fingerprint density at radius 3 is 2.52 bits per heavy atom. The highest BCUT2D eigenvalue weighted by atomic mass is 19.1. The maximum absolute atomic E-state index is 12.9. The molecule has 1 amide bonds. The van der Waals surface area contributed by atoms with E-state index >= 15 is 0 Å². The normalized spacial score (nSPS) is 18.9. The van der Waals surface area contributed by atoms with Gasteiger partial charge in [0.1, 0.15) is 5.82 Å². The maximum Gasteiger partial charge on any atom is 0.239 e. The van der Waals surface area contributed by atoms with Crippen molar-refractivity contribution in [3.63, 3.8) is 0 Å². The minimum absolute atomic E-state index is 0.0743. The molecule has 0 radical (unpaired) electrons. The number of nitrogens with two attached hydrogens (primary N) is 1. The number of hydrogen-bond acceptors (Lipinski definition) is 2. The van der Waals surface area contributed by atoms with Gasteiger partial charge in [0.15, 0.2) is 0 Å². The van der Waals surface area contributed by atoms with E-state index in [1.807, 2.05) is 19.1 Å². The van der Waals surface area contributed by atoms with E-state index in [0.717, 1.165) is 31.2 Å². The van der Waals surface area contributed by atoms with Gasteiger partial charge in [-0.3, -0.25) is 4.79 Å². The molecule has 0 heterocycles. The van der Waals surface area contributed by atoms with Crippen LogP contribution in [-0.2, 0) is 11.2 Å². The van der Waals surface area contributed by atoms with Crippen LogP contribution in [0.2, 0.25) is 0 Å². The van der Waals surface area contributed by atoms with Crippen molar-refractivity contribution in [2.24, 2.45) is 11.1 Å². The fourth-order valence-electron chi connectivity index (χ4n) is 2.73. The average Bonchev–Trinajstić information content (AvgIpc) is 3.19. The molecule has 0 aromatic heterocycles. The lowest BCUT2D eigenvalue weighted by Gasteiger charge is -2.25. The van der Waals surface area contributed by atoms with Crippen LogP contribution in [0.1, 0.15) is 45.1 Å². The topological polar surface area (TPSA) is 55.1 Å². The van der Waals surface area contributed by atoms with Crippen LogP contribution >= 0.6 is 0 Å². The fraction of sp³-hybridized carbons (Fsp3) is 0.588. The molecule has 1 unspecified atom stereocenters. The first-order valence-electron chi connectivity index (χ1n) is 7.69. The molecule has 0 spiro atoms. The number of halogens is 1. The molecule has 1 aliphatic carbocycles. The number of carbonyl (C=O) groups is 1. The van der Waals surface area contributed by atoms with Crippen LogP contribution in [0.25, 0.3) is 0 Å². The summed E-state index contributed by atoms with van der Waals surface area (Å²) in [6.07, 6.45) is 4.65. The Morgan fingerprint density at radius 1 is 1.38 bits per heavy atom. The van der Waals surface area contributed by atoms with Crippen molar-refractivity contribution in [3.8, 4) is 0 Å². The third-order valence-corrected chi connectivity index (χ3v) is 4.36.